The van der Waals surface area contributed by atoms with E-state index in [0.29, 0.717) is 17.8 Å². The molecule has 146 valence electrons. The van der Waals surface area contributed by atoms with Crippen LogP contribution in [0, 0.1) is 6.92 Å². The van der Waals surface area contributed by atoms with Crippen LogP contribution >= 0.6 is 0 Å². The lowest BCUT2D eigenvalue weighted by Crippen LogP contribution is -3.28. The van der Waals surface area contributed by atoms with E-state index in [1.807, 2.05) is 18.2 Å². The van der Waals surface area contributed by atoms with Crippen LogP contribution in [-0.4, -0.2) is 56.7 Å². The van der Waals surface area contributed by atoms with E-state index in [9.17, 15) is 9.59 Å². The number of quaternary nitrogens is 2. The summed E-state index contributed by atoms with van der Waals surface area (Å²) in [5.74, 6) is 0.624. The molecular formula is C22H27N3O3+2. The molecule has 2 amide bonds. The number of benzene rings is 2. The smallest absolute Gasteiger partial charge is 0.265 e. The van der Waals surface area contributed by atoms with Gasteiger partial charge in [-0.3, -0.25) is 9.59 Å². The second kappa shape index (κ2) is 7.73. The van der Waals surface area contributed by atoms with Crippen molar-refractivity contribution in [1.29, 1.82) is 0 Å². The lowest BCUT2D eigenvalue weighted by molar-refractivity contribution is -1.02. The Balaban J connectivity index is 1.35. The van der Waals surface area contributed by atoms with E-state index in [-0.39, 0.29) is 11.8 Å². The first-order valence-corrected chi connectivity index (χ1v) is 9.82. The third-order valence-corrected chi connectivity index (χ3v) is 5.80. The molecular weight excluding hydrogens is 354 g/mol. The Bertz CT molecular complexity index is 869. The first-order valence-electron chi connectivity index (χ1n) is 9.82. The van der Waals surface area contributed by atoms with Gasteiger partial charge in [0.1, 0.15) is 38.5 Å². The zero-order valence-electron chi connectivity index (χ0n) is 16.5. The average molecular weight is 381 g/mol. The molecule has 2 aromatic rings. The van der Waals surface area contributed by atoms with Crippen LogP contribution in [0.2, 0.25) is 0 Å². The number of methoxy groups -OCH3 is 1. The number of amides is 2. The van der Waals surface area contributed by atoms with Crippen LogP contribution in [-0.2, 0) is 6.54 Å². The van der Waals surface area contributed by atoms with E-state index in [1.54, 1.807) is 19.2 Å². The number of imide groups is 1. The Morgan fingerprint density at radius 3 is 2.14 bits per heavy atom. The van der Waals surface area contributed by atoms with E-state index >= 15 is 0 Å². The number of rotatable bonds is 5. The zero-order valence-corrected chi connectivity index (χ0v) is 16.5. The molecule has 2 heterocycles. The molecule has 0 atom stereocenters. The van der Waals surface area contributed by atoms with Gasteiger partial charge >= 0.3 is 0 Å². The number of carbonyl (C=O) groups excluding carboxylic acids is 2. The van der Waals surface area contributed by atoms with Crippen LogP contribution in [0.25, 0.3) is 0 Å². The van der Waals surface area contributed by atoms with Gasteiger partial charge in [-0.2, -0.15) is 0 Å². The lowest BCUT2D eigenvalue weighted by atomic mass is 10.1. The predicted octanol–water partition coefficient (Wildman–Crippen LogP) is -0.459. The van der Waals surface area contributed by atoms with Gasteiger partial charge in [0.2, 0.25) is 0 Å². The highest BCUT2D eigenvalue weighted by molar-refractivity contribution is 6.21. The molecule has 4 rings (SSSR count). The highest BCUT2D eigenvalue weighted by Gasteiger charge is 2.38. The highest BCUT2D eigenvalue weighted by Crippen LogP contribution is 2.21. The van der Waals surface area contributed by atoms with Crippen LogP contribution in [0.15, 0.2) is 42.5 Å². The van der Waals surface area contributed by atoms with Gasteiger partial charge < -0.3 is 14.5 Å². The molecule has 6 heteroatoms. The average Bonchev–Trinajstić information content (AvgIpc) is 2.95. The van der Waals surface area contributed by atoms with Gasteiger partial charge in [-0.05, 0) is 31.2 Å². The van der Waals surface area contributed by atoms with Gasteiger partial charge in [0, 0.05) is 5.56 Å². The molecule has 0 aliphatic carbocycles. The quantitative estimate of drug-likeness (QED) is 0.690. The van der Waals surface area contributed by atoms with Gasteiger partial charge in [0.25, 0.3) is 11.8 Å². The number of aryl methyl sites for hydroxylation is 1. The summed E-state index contributed by atoms with van der Waals surface area (Å²) >= 11 is 0. The Morgan fingerprint density at radius 1 is 0.929 bits per heavy atom. The SMILES string of the molecule is COc1ccc(C)cc1C[NH+]1CC[NH+](CN2C(=O)c3ccccc3C2=O)CC1. The minimum Gasteiger partial charge on any atom is -0.496 e. The van der Waals surface area contributed by atoms with E-state index in [1.165, 1.54) is 25.8 Å². The number of fused-ring (bicyclic) bond motifs is 1. The van der Waals surface area contributed by atoms with Gasteiger partial charge in [-0.25, -0.2) is 4.90 Å². The van der Waals surface area contributed by atoms with Gasteiger partial charge in [-0.1, -0.05) is 23.8 Å². The van der Waals surface area contributed by atoms with Gasteiger partial charge in [0.05, 0.1) is 18.2 Å². The summed E-state index contributed by atoms with van der Waals surface area (Å²) in [5.41, 5.74) is 3.54. The highest BCUT2D eigenvalue weighted by atomic mass is 16.5. The molecule has 28 heavy (non-hydrogen) atoms. The van der Waals surface area contributed by atoms with Crippen molar-refractivity contribution in [3.05, 3.63) is 64.7 Å². The van der Waals surface area contributed by atoms with Gasteiger partial charge in [0.15, 0.2) is 6.67 Å². The molecule has 0 bridgehead atoms. The topological polar surface area (TPSA) is 55.5 Å². The summed E-state index contributed by atoms with van der Waals surface area (Å²) < 4.78 is 5.51. The fourth-order valence-electron chi connectivity index (χ4n) is 4.21. The van der Waals surface area contributed by atoms with E-state index in [0.717, 1.165) is 38.5 Å². The van der Waals surface area contributed by atoms with Gasteiger partial charge in [-0.15, -0.1) is 0 Å². The second-order valence-corrected chi connectivity index (χ2v) is 7.73. The van der Waals surface area contributed by atoms with Crippen LogP contribution < -0.4 is 14.5 Å². The van der Waals surface area contributed by atoms with E-state index < -0.39 is 0 Å². The first-order chi connectivity index (χ1) is 13.6. The second-order valence-electron chi connectivity index (χ2n) is 7.73. The Morgan fingerprint density at radius 2 is 1.54 bits per heavy atom. The molecule has 2 aromatic carbocycles. The van der Waals surface area contributed by atoms with Crippen molar-refractivity contribution in [3.8, 4) is 5.75 Å². The first kappa shape index (κ1) is 18.7. The van der Waals surface area contributed by atoms with Crippen molar-refractivity contribution in [2.45, 2.75) is 13.5 Å². The maximum Gasteiger partial charge on any atom is 0.265 e. The summed E-state index contributed by atoms with van der Waals surface area (Å²) in [5, 5.41) is 0. The van der Waals surface area contributed by atoms with Crippen LogP contribution in [0.4, 0.5) is 0 Å². The fourth-order valence-corrected chi connectivity index (χ4v) is 4.21. The lowest BCUT2D eigenvalue weighted by Gasteiger charge is -2.31. The number of hydrogen-bond donors (Lipinski definition) is 2. The molecule has 0 aromatic heterocycles. The number of nitrogens with one attached hydrogen (secondary N) is 2. The molecule has 2 N–H and O–H groups in total. The number of nitrogens with zero attached hydrogens (tertiary/aromatic N) is 1. The Kier molecular flexibility index (Phi) is 5.15. The summed E-state index contributed by atoms with van der Waals surface area (Å²) in [6, 6.07) is 13.4. The molecule has 2 aliphatic rings. The third-order valence-electron chi connectivity index (χ3n) is 5.80. The van der Waals surface area contributed by atoms with Crippen molar-refractivity contribution in [3.63, 3.8) is 0 Å². The molecule has 1 fully saturated rings. The largest absolute Gasteiger partial charge is 0.496 e. The van der Waals surface area contributed by atoms with Crippen molar-refractivity contribution in [2.24, 2.45) is 0 Å². The maximum atomic E-state index is 12.6. The third kappa shape index (κ3) is 3.53. The summed E-state index contributed by atoms with van der Waals surface area (Å²) in [6.45, 7) is 7.39. The number of ether oxygens (including phenoxy) is 1. The van der Waals surface area contributed by atoms with Crippen molar-refractivity contribution >= 4 is 11.8 Å². The van der Waals surface area contributed by atoms with Crippen LogP contribution in [0.5, 0.6) is 5.75 Å². The summed E-state index contributed by atoms with van der Waals surface area (Å²) in [6.07, 6.45) is 0. The van der Waals surface area contributed by atoms with Crippen LogP contribution in [0.3, 0.4) is 0 Å². The Hall–Kier alpha value is -2.70. The summed E-state index contributed by atoms with van der Waals surface area (Å²) in [4.78, 5) is 29.3. The number of hydrogen-bond acceptors (Lipinski definition) is 3. The maximum absolute atomic E-state index is 12.6. The molecule has 6 nitrogen and oxygen atoms in total. The molecule has 0 saturated carbocycles. The fraction of sp³-hybridized carbons (Fsp3) is 0.364. The van der Waals surface area contributed by atoms with E-state index in [4.69, 9.17) is 4.74 Å². The van der Waals surface area contributed by atoms with Crippen molar-refractivity contribution < 1.29 is 24.1 Å². The number of piperazine rings is 1. The molecule has 0 unspecified atom stereocenters. The van der Waals surface area contributed by atoms with Crippen molar-refractivity contribution in [2.75, 3.05) is 40.0 Å². The zero-order chi connectivity index (χ0) is 19.7. The molecule has 1 saturated heterocycles. The monoisotopic (exact) mass is 381 g/mol. The Labute approximate surface area is 165 Å². The minimum absolute atomic E-state index is 0.160. The van der Waals surface area contributed by atoms with Crippen molar-refractivity contribution in [1.82, 2.24) is 4.90 Å². The van der Waals surface area contributed by atoms with Crippen LogP contribution in [0.1, 0.15) is 31.8 Å². The standard InChI is InChI=1S/C22H25N3O3/c1-16-7-8-20(28-2)17(13-16)14-23-9-11-24(12-10-23)15-25-21(26)18-5-3-4-6-19(18)22(25)27/h3-8,13H,9-12,14-15H2,1-2H3/p+2. The summed E-state index contributed by atoms with van der Waals surface area (Å²) in [7, 11) is 1.72. The normalized spacial score (nSPS) is 21.7. The molecule has 2 aliphatic heterocycles. The number of carbonyl (C=O) groups is 2. The predicted molar refractivity (Wildman–Crippen MR) is 105 cm³/mol. The molecule has 0 spiro atoms. The molecule has 0 radical (unpaired) electrons. The van der Waals surface area contributed by atoms with E-state index in [2.05, 4.69) is 19.1 Å². The minimum atomic E-state index is -0.160.